The fourth-order valence-electron chi connectivity index (χ4n) is 3.53. The van der Waals surface area contributed by atoms with Crippen LogP contribution in [0.2, 0.25) is 0 Å². The molecule has 1 aromatic rings. The van der Waals surface area contributed by atoms with Crippen molar-refractivity contribution >= 4 is 5.97 Å². The second-order valence-electron chi connectivity index (χ2n) is 6.66. The molecule has 0 amide bonds. The average molecular weight is 336 g/mol. The fraction of sp³-hybridized carbons (Fsp3) is 0.778. The Morgan fingerprint density at radius 1 is 1.29 bits per heavy atom. The van der Waals surface area contributed by atoms with E-state index in [1.807, 2.05) is 0 Å². The summed E-state index contributed by atoms with van der Waals surface area (Å²) >= 11 is 0. The summed E-state index contributed by atoms with van der Waals surface area (Å²) in [5.41, 5.74) is 0.400. The van der Waals surface area contributed by atoms with Crippen molar-refractivity contribution < 1.29 is 19.0 Å². The lowest BCUT2D eigenvalue weighted by Gasteiger charge is -2.22. The first kappa shape index (κ1) is 17.3. The maximum atomic E-state index is 12.2. The first-order chi connectivity index (χ1) is 11.8. The lowest BCUT2D eigenvalue weighted by Crippen LogP contribution is -2.18. The number of esters is 1. The van der Waals surface area contributed by atoms with E-state index in [1.54, 1.807) is 17.8 Å². The van der Waals surface area contributed by atoms with E-state index in [4.69, 9.17) is 14.2 Å². The van der Waals surface area contributed by atoms with Gasteiger partial charge in [-0.25, -0.2) is 9.48 Å². The maximum Gasteiger partial charge on any atom is 0.345 e. The molecule has 2 fully saturated rings. The third-order valence-electron chi connectivity index (χ3n) is 4.88. The molecule has 1 aliphatic heterocycles. The molecular formula is C18H28N2O4. The highest BCUT2D eigenvalue weighted by Crippen LogP contribution is 2.29. The molecule has 134 valence electrons. The number of aromatic nitrogens is 2. The van der Waals surface area contributed by atoms with Crippen molar-refractivity contribution in [3.05, 3.63) is 11.8 Å². The van der Waals surface area contributed by atoms with E-state index >= 15 is 0 Å². The lowest BCUT2D eigenvalue weighted by atomic mass is 10.1. The Labute approximate surface area is 143 Å². The second-order valence-corrected chi connectivity index (χ2v) is 6.66. The summed E-state index contributed by atoms with van der Waals surface area (Å²) in [5.74, 6) is 0.746. The van der Waals surface area contributed by atoms with Gasteiger partial charge in [-0.3, -0.25) is 0 Å². The Balaban J connectivity index is 1.66. The van der Waals surface area contributed by atoms with E-state index < -0.39 is 0 Å². The van der Waals surface area contributed by atoms with Crippen LogP contribution in [0.5, 0.6) is 5.88 Å². The van der Waals surface area contributed by atoms with Gasteiger partial charge in [0.15, 0.2) is 0 Å². The highest BCUT2D eigenvalue weighted by Gasteiger charge is 2.24. The number of hydrogen-bond donors (Lipinski definition) is 0. The molecule has 1 atom stereocenters. The molecule has 1 saturated carbocycles. The van der Waals surface area contributed by atoms with Crippen molar-refractivity contribution in [1.29, 1.82) is 0 Å². The molecule has 24 heavy (non-hydrogen) atoms. The number of carbonyl (C=O) groups excluding carboxylic acids is 1. The Morgan fingerprint density at radius 2 is 2.08 bits per heavy atom. The molecule has 0 spiro atoms. The zero-order chi connectivity index (χ0) is 16.8. The Bertz CT molecular complexity index is 531. The van der Waals surface area contributed by atoms with Gasteiger partial charge in [0.05, 0.1) is 13.2 Å². The first-order valence-corrected chi connectivity index (χ1v) is 9.28. The Hall–Kier alpha value is -1.56. The highest BCUT2D eigenvalue weighted by atomic mass is 16.5. The van der Waals surface area contributed by atoms with Crippen molar-refractivity contribution in [3.63, 3.8) is 0 Å². The summed E-state index contributed by atoms with van der Waals surface area (Å²) < 4.78 is 18.5. The summed E-state index contributed by atoms with van der Waals surface area (Å²) in [6.45, 7) is 3.47. The molecule has 1 saturated heterocycles. The quantitative estimate of drug-likeness (QED) is 0.710. The third-order valence-corrected chi connectivity index (χ3v) is 4.88. The van der Waals surface area contributed by atoms with Crippen molar-refractivity contribution in [1.82, 2.24) is 9.78 Å². The van der Waals surface area contributed by atoms with Gasteiger partial charge in [-0.15, -0.1) is 5.10 Å². The van der Waals surface area contributed by atoms with E-state index in [9.17, 15) is 4.79 Å². The van der Waals surface area contributed by atoms with E-state index in [2.05, 4.69) is 5.10 Å². The standard InChI is InChI=1S/C18H28N2O4/c1-2-22-18(21)15-13-20(16-9-5-6-11-23-16)19-17(15)24-12-10-14-7-3-4-8-14/h13-14,16H,2-12H2,1H3. The van der Waals surface area contributed by atoms with Crippen LogP contribution in [0.1, 0.15) is 74.9 Å². The first-order valence-electron chi connectivity index (χ1n) is 9.28. The monoisotopic (exact) mass is 336 g/mol. The molecule has 2 aliphatic rings. The third kappa shape index (κ3) is 4.29. The molecule has 6 heteroatoms. The van der Waals surface area contributed by atoms with Gasteiger partial charge in [-0.2, -0.15) is 0 Å². The van der Waals surface area contributed by atoms with Crippen molar-refractivity contribution in [3.8, 4) is 5.88 Å². The predicted molar refractivity (Wildman–Crippen MR) is 89.1 cm³/mol. The van der Waals surface area contributed by atoms with Crippen LogP contribution in [-0.2, 0) is 9.47 Å². The highest BCUT2D eigenvalue weighted by molar-refractivity contribution is 5.91. The number of nitrogens with zero attached hydrogens (tertiary/aromatic N) is 2. The molecule has 1 aliphatic carbocycles. The minimum atomic E-state index is -0.379. The largest absolute Gasteiger partial charge is 0.476 e. The van der Waals surface area contributed by atoms with Crippen LogP contribution in [-0.4, -0.2) is 35.6 Å². The lowest BCUT2D eigenvalue weighted by molar-refractivity contribution is -0.0400. The minimum Gasteiger partial charge on any atom is -0.476 e. The molecule has 3 rings (SSSR count). The van der Waals surface area contributed by atoms with E-state index in [0.717, 1.165) is 38.2 Å². The van der Waals surface area contributed by atoms with Crippen molar-refractivity contribution in [2.24, 2.45) is 5.92 Å². The number of ether oxygens (including phenoxy) is 3. The summed E-state index contributed by atoms with van der Waals surface area (Å²) in [5, 5.41) is 4.47. The fourth-order valence-corrected chi connectivity index (χ4v) is 3.53. The van der Waals surface area contributed by atoms with Gasteiger partial charge in [0, 0.05) is 12.8 Å². The predicted octanol–water partition coefficient (Wildman–Crippen LogP) is 3.72. The van der Waals surface area contributed by atoms with E-state index in [0.29, 0.717) is 24.7 Å². The van der Waals surface area contributed by atoms with Gasteiger partial charge < -0.3 is 14.2 Å². The van der Waals surface area contributed by atoms with E-state index in [1.165, 1.54) is 25.7 Å². The van der Waals surface area contributed by atoms with Crippen LogP contribution >= 0.6 is 0 Å². The Morgan fingerprint density at radius 3 is 2.79 bits per heavy atom. The molecule has 6 nitrogen and oxygen atoms in total. The zero-order valence-electron chi connectivity index (χ0n) is 14.5. The molecule has 1 unspecified atom stereocenters. The van der Waals surface area contributed by atoms with Gasteiger partial charge in [-0.05, 0) is 38.5 Å². The Kier molecular flexibility index (Phi) is 6.12. The van der Waals surface area contributed by atoms with Gasteiger partial charge in [-0.1, -0.05) is 25.7 Å². The molecular weight excluding hydrogens is 308 g/mol. The van der Waals surface area contributed by atoms with Gasteiger partial charge in [0.2, 0.25) is 5.88 Å². The van der Waals surface area contributed by atoms with Gasteiger partial charge in [0.1, 0.15) is 11.8 Å². The molecule has 0 radical (unpaired) electrons. The SMILES string of the molecule is CCOC(=O)c1cn(C2CCCCO2)nc1OCCC1CCCC1. The van der Waals surface area contributed by atoms with Gasteiger partial charge >= 0.3 is 5.97 Å². The number of hydrogen-bond acceptors (Lipinski definition) is 5. The summed E-state index contributed by atoms with van der Waals surface area (Å²) in [7, 11) is 0. The topological polar surface area (TPSA) is 62.6 Å². The average Bonchev–Trinajstić information content (AvgIpc) is 3.26. The molecule has 0 bridgehead atoms. The molecule has 0 N–H and O–H groups in total. The van der Waals surface area contributed by atoms with Gasteiger partial charge in [0.25, 0.3) is 0 Å². The molecule has 2 heterocycles. The normalized spacial score (nSPS) is 21.8. The summed E-state index contributed by atoms with van der Waals surface area (Å²) in [6.07, 6.45) is 10.9. The number of rotatable bonds is 7. The van der Waals surface area contributed by atoms with Crippen LogP contribution in [0.3, 0.4) is 0 Å². The summed E-state index contributed by atoms with van der Waals surface area (Å²) in [6, 6.07) is 0. The second kappa shape index (κ2) is 8.51. The van der Waals surface area contributed by atoms with Crippen molar-refractivity contribution in [2.45, 2.75) is 64.5 Å². The molecule has 0 aromatic carbocycles. The van der Waals surface area contributed by atoms with Crippen LogP contribution in [0.4, 0.5) is 0 Å². The zero-order valence-corrected chi connectivity index (χ0v) is 14.5. The van der Waals surface area contributed by atoms with Crippen molar-refractivity contribution in [2.75, 3.05) is 19.8 Å². The number of carbonyl (C=O) groups is 1. The maximum absolute atomic E-state index is 12.2. The van der Waals surface area contributed by atoms with Crippen LogP contribution in [0.15, 0.2) is 6.20 Å². The summed E-state index contributed by atoms with van der Waals surface area (Å²) in [4.78, 5) is 12.2. The molecule has 1 aromatic heterocycles. The van der Waals surface area contributed by atoms with E-state index in [-0.39, 0.29) is 12.2 Å². The van der Waals surface area contributed by atoms with Crippen LogP contribution in [0.25, 0.3) is 0 Å². The minimum absolute atomic E-state index is 0.112. The van der Waals surface area contributed by atoms with Crippen LogP contribution < -0.4 is 4.74 Å². The smallest absolute Gasteiger partial charge is 0.345 e. The van der Waals surface area contributed by atoms with Crippen LogP contribution in [0, 0.1) is 5.92 Å².